The molecule has 0 aromatic heterocycles. The molecule has 0 spiro atoms. The first kappa shape index (κ1) is 24.4. The Balaban J connectivity index is 2.99. The lowest BCUT2D eigenvalue weighted by Gasteiger charge is -2.03. The predicted molar refractivity (Wildman–Crippen MR) is 113 cm³/mol. The van der Waals surface area contributed by atoms with Crippen molar-refractivity contribution in [2.24, 2.45) is 0 Å². The molecule has 0 unspecified atom stereocenters. The summed E-state index contributed by atoms with van der Waals surface area (Å²) in [6.07, 6.45) is 32.6. The topological polar surface area (TPSA) is 17.1 Å². The van der Waals surface area contributed by atoms with Gasteiger partial charge >= 0.3 is 0 Å². The second kappa shape index (κ2) is 23.4. The zero-order valence-corrected chi connectivity index (χ0v) is 17.3. The largest absolute Gasteiger partial charge is 0.303 e. The van der Waals surface area contributed by atoms with E-state index in [2.05, 4.69) is 19.1 Å². The molecule has 0 bridgehead atoms. The van der Waals surface area contributed by atoms with Gasteiger partial charge < -0.3 is 4.79 Å². The monoisotopic (exact) mass is 350 g/mol. The van der Waals surface area contributed by atoms with E-state index in [9.17, 15) is 4.79 Å². The Bertz CT molecular complexity index is 269. The summed E-state index contributed by atoms with van der Waals surface area (Å²) in [7, 11) is 0. The summed E-state index contributed by atoms with van der Waals surface area (Å²) in [5.41, 5.74) is 0. The van der Waals surface area contributed by atoms with E-state index in [0.29, 0.717) is 0 Å². The molecule has 1 heteroatoms. The van der Waals surface area contributed by atoms with Crippen LogP contribution < -0.4 is 0 Å². The van der Waals surface area contributed by atoms with Crippen LogP contribution in [0.15, 0.2) is 12.2 Å². The van der Waals surface area contributed by atoms with Crippen LogP contribution in [0.2, 0.25) is 0 Å². The fourth-order valence-electron chi connectivity index (χ4n) is 3.37. The molecule has 0 saturated carbocycles. The first-order chi connectivity index (χ1) is 12.4. The van der Waals surface area contributed by atoms with Gasteiger partial charge in [0.15, 0.2) is 0 Å². The molecule has 0 N–H and O–H groups in total. The van der Waals surface area contributed by atoms with Crippen molar-refractivity contribution in [3.8, 4) is 0 Å². The lowest BCUT2D eigenvalue weighted by atomic mass is 10.0. The first-order valence-electron chi connectivity index (χ1n) is 11.5. The molecule has 0 aromatic rings. The van der Waals surface area contributed by atoms with Crippen LogP contribution in [0, 0.1) is 0 Å². The Morgan fingerprint density at radius 3 is 1.12 bits per heavy atom. The normalized spacial score (nSPS) is 11.4. The molecule has 1 nitrogen and oxygen atoms in total. The van der Waals surface area contributed by atoms with Gasteiger partial charge in [0.2, 0.25) is 0 Å². The summed E-state index contributed by atoms with van der Waals surface area (Å²) in [5.74, 6) is 0. The Kier molecular flexibility index (Phi) is 22.9. The number of aldehydes is 1. The van der Waals surface area contributed by atoms with E-state index >= 15 is 0 Å². The van der Waals surface area contributed by atoms with Crippen LogP contribution in [0.5, 0.6) is 0 Å². The van der Waals surface area contributed by atoms with Gasteiger partial charge in [-0.25, -0.2) is 0 Å². The maximum Gasteiger partial charge on any atom is 0.119 e. The van der Waals surface area contributed by atoms with Crippen molar-refractivity contribution >= 4 is 6.29 Å². The van der Waals surface area contributed by atoms with Crippen molar-refractivity contribution in [1.82, 2.24) is 0 Å². The van der Waals surface area contributed by atoms with Crippen molar-refractivity contribution in [3.05, 3.63) is 12.2 Å². The third-order valence-corrected chi connectivity index (χ3v) is 5.06. The average molecular weight is 351 g/mol. The highest BCUT2D eigenvalue weighted by molar-refractivity contribution is 5.48. The van der Waals surface area contributed by atoms with Gasteiger partial charge in [0.1, 0.15) is 6.29 Å². The Morgan fingerprint density at radius 2 is 0.760 bits per heavy atom. The van der Waals surface area contributed by atoms with Crippen molar-refractivity contribution in [1.29, 1.82) is 0 Å². The molecule has 0 atom stereocenters. The minimum absolute atomic E-state index is 0.760. The Labute approximate surface area is 159 Å². The minimum atomic E-state index is 0.760. The quantitative estimate of drug-likeness (QED) is 0.115. The van der Waals surface area contributed by atoms with E-state index in [1.165, 1.54) is 116 Å². The molecule has 0 rings (SSSR count). The van der Waals surface area contributed by atoms with Gasteiger partial charge in [-0.2, -0.15) is 0 Å². The second-order valence-electron chi connectivity index (χ2n) is 7.66. The number of rotatable bonds is 21. The third kappa shape index (κ3) is 23.4. The molecule has 0 fully saturated rings. The van der Waals surface area contributed by atoms with Crippen LogP contribution in [-0.4, -0.2) is 6.29 Å². The van der Waals surface area contributed by atoms with Gasteiger partial charge in [0, 0.05) is 6.42 Å². The van der Waals surface area contributed by atoms with E-state index < -0.39 is 0 Å². The van der Waals surface area contributed by atoms with Gasteiger partial charge in [-0.1, -0.05) is 115 Å². The number of hydrogen-bond donors (Lipinski definition) is 0. The SMILES string of the molecule is CCC/C=C/CCCCCCCCCCCCCCCCCCC=O. The zero-order valence-electron chi connectivity index (χ0n) is 17.3. The standard InChI is InChI=1S/C24H46O/c1-2-3-4-5-6-7-8-9-10-11-12-13-14-15-16-17-18-19-20-21-22-23-24-25/h4-5,24H,2-3,6-23H2,1H3/b5-4+. The highest BCUT2D eigenvalue weighted by Crippen LogP contribution is 2.14. The highest BCUT2D eigenvalue weighted by Gasteiger charge is 1.94. The fraction of sp³-hybridized carbons (Fsp3) is 0.875. The van der Waals surface area contributed by atoms with Crippen molar-refractivity contribution in [2.75, 3.05) is 0 Å². The molecule has 0 saturated heterocycles. The lowest BCUT2D eigenvalue weighted by molar-refractivity contribution is -0.107. The van der Waals surface area contributed by atoms with Crippen LogP contribution in [0.25, 0.3) is 0 Å². The maximum atomic E-state index is 10.2. The van der Waals surface area contributed by atoms with Gasteiger partial charge in [0.25, 0.3) is 0 Å². The molecular formula is C24H46O. The molecule has 0 aliphatic rings. The van der Waals surface area contributed by atoms with Crippen molar-refractivity contribution in [2.45, 2.75) is 135 Å². The number of unbranched alkanes of at least 4 members (excludes halogenated alkanes) is 18. The summed E-state index contributed by atoms with van der Waals surface area (Å²) in [5, 5.41) is 0. The number of allylic oxidation sites excluding steroid dienone is 2. The predicted octanol–water partition coefficient (Wildman–Crippen LogP) is 8.56. The number of carbonyl (C=O) groups excluding carboxylic acids is 1. The summed E-state index contributed by atoms with van der Waals surface area (Å²) >= 11 is 0. The van der Waals surface area contributed by atoms with Crippen LogP contribution in [0.1, 0.15) is 135 Å². The molecular weight excluding hydrogens is 304 g/mol. The smallest absolute Gasteiger partial charge is 0.119 e. The van der Waals surface area contributed by atoms with E-state index in [1.54, 1.807) is 0 Å². The van der Waals surface area contributed by atoms with E-state index in [-0.39, 0.29) is 0 Å². The van der Waals surface area contributed by atoms with Crippen LogP contribution in [0.3, 0.4) is 0 Å². The van der Waals surface area contributed by atoms with E-state index in [0.717, 1.165) is 19.1 Å². The van der Waals surface area contributed by atoms with Crippen LogP contribution in [-0.2, 0) is 4.79 Å². The summed E-state index contributed by atoms with van der Waals surface area (Å²) in [6.45, 7) is 2.24. The van der Waals surface area contributed by atoms with Gasteiger partial charge in [-0.3, -0.25) is 0 Å². The maximum absolute atomic E-state index is 10.2. The van der Waals surface area contributed by atoms with Gasteiger partial charge in [-0.15, -0.1) is 0 Å². The lowest BCUT2D eigenvalue weighted by Crippen LogP contribution is -1.84. The number of carbonyl (C=O) groups is 1. The Morgan fingerprint density at radius 1 is 0.440 bits per heavy atom. The van der Waals surface area contributed by atoms with Crippen LogP contribution in [0.4, 0.5) is 0 Å². The van der Waals surface area contributed by atoms with Crippen molar-refractivity contribution < 1.29 is 4.79 Å². The molecule has 0 amide bonds. The first-order valence-corrected chi connectivity index (χ1v) is 11.5. The molecule has 25 heavy (non-hydrogen) atoms. The second-order valence-corrected chi connectivity index (χ2v) is 7.66. The number of hydrogen-bond acceptors (Lipinski definition) is 1. The van der Waals surface area contributed by atoms with Gasteiger partial charge in [-0.05, 0) is 25.7 Å². The third-order valence-electron chi connectivity index (χ3n) is 5.06. The highest BCUT2D eigenvalue weighted by atomic mass is 16.1. The van der Waals surface area contributed by atoms with E-state index in [4.69, 9.17) is 0 Å². The van der Waals surface area contributed by atoms with Gasteiger partial charge in [0.05, 0.1) is 0 Å². The zero-order chi connectivity index (χ0) is 18.3. The molecule has 0 aromatic carbocycles. The fourth-order valence-corrected chi connectivity index (χ4v) is 3.37. The summed E-state index contributed by atoms with van der Waals surface area (Å²) in [6, 6.07) is 0. The molecule has 148 valence electrons. The van der Waals surface area contributed by atoms with E-state index in [1.807, 2.05) is 0 Å². The average Bonchev–Trinajstić information content (AvgIpc) is 2.63. The molecule has 0 heterocycles. The molecule has 0 aliphatic carbocycles. The van der Waals surface area contributed by atoms with Crippen LogP contribution >= 0.6 is 0 Å². The van der Waals surface area contributed by atoms with Crippen molar-refractivity contribution in [3.63, 3.8) is 0 Å². The summed E-state index contributed by atoms with van der Waals surface area (Å²) in [4.78, 5) is 10.2. The Hall–Kier alpha value is -0.590. The summed E-state index contributed by atoms with van der Waals surface area (Å²) < 4.78 is 0. The minimum Gasteiger partial charge on any atom is -0.303 e. The molecule has 0 radical (unpaired) electrons. The molecule has 0 aliphatic heterocycles.